The van der Waals surface area contributed by atoms with Crippen LogP contribution in [0.2, 0.25) is 0 Å². The highest BCUT2D eigenvalue weighted by Crippen LogP contribution is 2.50. The number of ether oxygens (including phenoxy) is 6. The second-order valence-electron chi connectivity index (χ2n) is 15.4. The maximum Gasteiger partial charge on any atom is 0.330 e. The number of rotatable bonds is 16. The smallest absolute Gasteiger partial charge is 0.330 e. The summed E-state index contributed by atoms with van der Waals surface area (Å²) in [6, 6.07) is 24.4. The second kappa shape index (κ2) is 18.8. The fourth-order valence-electron chi connectivity index (χ4n) is 7.86. The third-order valence-corrected chi connectivity index (χ3v) is 12.3. The summed E-state index contributed by atoms with van der Waals surface area (Å²) >= 11 is 0. The SMILES string of the molecule is COc1ccc(C(OC[C@H]2O[C@@H](n3cc(C)c(=O)[nH]c3=O)C[C@@H]2O[P@](C)(=O)OC[C@H]2O[C@@H](n3cc(C)c(=O)[nH]c3=O)C[C@@H]2OC(C)=O)(c2ccccc2)c2ccc(OC)cc2)cc1. The molecule has 7 rings (SSSR count). The van der Waals surface area contributed by atoms with Crippen LogP contribution in [0.3, 0.4) is 0 Å². The van der Waals surface area contributed by atoms with Gasteiger partial charge in [-0.05, 0) is 54.8 Å². The number of H-pyrrole nitrogens is 2. The third kappa shape index (κ3) is 9.86. The molecule has 2 saturated heterocycles. The first kappa shape index (κ1) is 45.2. The lowest BCUT2D eigenvalue weighted by Crippen LogP contribution is -2.38. The zero-order valence-corrected chi connectivity index (χ0v) is 36.4. The summed E-state index contributed by atoms with van der Waals surface area (Å²) < 4.78 is 65.2. The van der Waals surface area contributed by atoms with Crippen LogP contribution >= 0.6 is 7.60 Å². The number of benzene rings is 3. The van der Waals surface area contributed by atoms with E-state index < -0.39 is 78.5 Å². The quantitative estimate of drug-likeness (QED) is 0.0795. The number of aromatic nitrogens is 4. The predicted octanol–water partition coefficient (Wildman–Crippen LogP) is 4.46. The van der Waals surface area contributed by atoms with Gasteiger partial charge in [-0.2, -0.15) is 0 Å². The molecule has 0 amide bonds. The highest BCUT2D eigenvalue weighted by atomic mass is 31.2. The molecule has 4 heterocycles. The summed E-state index contributed by atoms with van der Waals surface area (Å²) in [6.45, 7) is 5.00. The van der Waals surface area contributed by atoms with Gasteiger partial charge in [0.2, 0.25) is 0 Å². The van der Waals surface area contributed by atoms with Crippen LogP contribution in [-0.4, -0.2) is 83.6 Å². The van der Waals surface area contributed by atoms with E-state index >= 15 is 0 Å². The van der Waals surface area contributed by atoms with Crippen LogP contribution in [0, 0.1) is 13.8 Å². The average Bonchev–Trinajstić information content (AvgIpc) is 3.86. The molecule has 2 fully saturated rings. The first-order chi connectivity index (χ1) is 30.1. The van der Waals surface area contributed by atoms with E-state index in [0.29, 0.717) is 11.5 Å². The second-order valence-corrected chi connectivity index (χ2v) is 17.4. The number of esters is 1. The van der Waals surface area contributed by atoms with Crippen LogP contribution in [0.1, 0.15) is 60.0 Å². The lowest BCUT2D eigenvalue weighted by atomic mass is 9.80. The van der Waals surface area contributed by atoms with Gasteiger partial charge in [0.25, 0.3) is 11.1 Å². The Balaban J connectivity index is 1.20. The van der Waals surface area contributed by atoms with Gasteiger partial charge in [0.15, 0.2) is 0 Å². The number of hydrogen-bond donors (Lipinski definition) is 2. The Kier molecular flexibility index (Phi) is 13.5. The molecule has 2 N–H and O–H groups in total. The summed E-state index contributed by atoms with van der Waals surface area (Å²) in [5.41, 5.74) is -1.06. The molecule has 334 valence electrons. The number of aryl methyl sites for hydroxylation is 2. The van der Waals surface area contributed by atoms with Crippen molar-refractivity contribution in [2.75, 3.05) is 34.1 Å². The van der Waals surface area contributed by atoms with Crippen LogP contribution in [-0.2, 0) is 43.0 Å². The average molecular weight is 889 g/mol. The van der Waals surface area contributed by atoms with Gasteiger partial charge in [-0.15, -0.1) is 0 Å². The zero-order valence-electron chi connectivity index (χ0n) is 35.5. The molecule has 0 bridgehead atoms. The fourth-order valence-corrected chi connectivity index (χ4v) is 9.05. The Labute approximate surface area is 361 Å². The molecular weight excluding hydrogens is 839 g/mol. The Morgan fingerprint density at radius 3 is 1.65 bits per heavy atom. The molecule has 19 heteroatoms. The molecular formula is C44H49N4O14P. The van der Waals surface area contributed by atoms with E-state index in [4.69, 9.17) is 37.5 Å². The van der Waals surface area contributed by atoms with Gasteiger partial charge in [0, 0.05) is 50.0 Å². The van der Waals surface area contributed by atoms with Crippen molar-refractivity contribution in [3.63, 3.8) is 0 Å². The molecule has 0 radical (unpaired) electrons. The third-order valence-electron chi connectivity index (χ3n) is 11.0. The molecule has 63 heavy (non-hydrogen) atoms. The molecule has 2 aliphatic heterocycles. The monoisotopic (exact) mass is 888 g/mol. The predicted molar refractivity (Wildman–Crippen MR) is 227 cm³/mol. The number of nitrogens with one attached hydrogen (secondary N) is 2. The Bertz CT molecular complexity index is 2650. The highest BCUT2D eigenvalue weighted by Gasteiger charge is 2.46. The molecule has 18 nitrogen and oxygen atoms in total. The molecule has 7 atom stereocenters. The van der Waals surface area contributed by atoms with E-state index in [1.807, 2.05) is 78.9 Å². The van der Waals surface area contributed by atoms with Crippen LogP contribution < -0.4 is 32.0 Å². The molecule has 0 aliphatic carbocycles. The van der Waals surface area contributed by atoms with Crippen molar-refractivity contribution in [3.8, 4) is 11.5 Å². The molecule has 5 aromatic rings. The number of carbonyl (C=O) groups is 1. The maximum absolute atomic E-state index is 14.3. The van der Waals surface area contributed by atoms with Crippen molar-refractivity contribution >= 4 is 13.6 Å². The largest absolute Gasteiger partial charge is 0.497 e. The molecule has 0 saturated carbocycles. The molecule has 0 spiro atoms. The van der Waals surface area contributed by atoms with Crippen molar-refractivity contribution in [1.82, 2.24) is 19.1 Å². The first-order valence-electron chi connectivity index (χ1n) is 20.1. The summed E-state index contributed by atoms with van der Waals surface area (Å²) in [5.74, 6) is 0.643. The van der Waals surface area contributed by atoms with E-state index in [1.54, 1.807) is 21.1 Å². The Hall–Kier alpha value is -5.88. The number of methoxy groups -OCH3 is 2. The minimum absolute atomic E-state index is 0.0173. The molecule has 2 aliphatic rings. The van der Waals surface area contributed by atoms with Gasteiger partial charge in [-0.1, -0.05) is 54.6 Å². The minimum Gasteiger partial charge on any atom is -0.497 e. The summed E-state index contributed by atoms with van der Waals surface area (Å²) in [7, 11) is -0.905. The van der Waals surface area contributed by atoms with Crippen LogP contribution in [0.5, 0.6) is 11.5 Å². The lowest BCUT2D eigenvalue weighted by Gasteiger charge is -2.37. The van der Waals surface area contributed by atoms with Crippen LogP contribution in [0.25, 0.3) is 0 Å². The Morgan fingerprint density at radius 1 is 0.714 bits per heavy atom. The van der Waals surface area contributed by atoms with Gasteiger partial charge in [0.1, 0.15) is 47.9 Å². The van der Waals surface area contributed by atoms with E-state index in [2.05, 4.69) is 9.97 Å². The van der Waals surface area contributed by atoms with Crippen molar-refractivity contribution in [2.24, 2.45) is 0 Å². The van der Waals surface area contributed by atoms with Crippen molar-refractivity contribution < 1.29 is 46.8 Å². The van der Waals surface area contributed by atoms with Gasteiger partial charge >= 0.3 is 24.9 Å². The van der Waals surface area contributed by atoms with Gasteiger partial charge < -0.3 is 37.5 Å². The normalized spacial score (nSPS) is 22.1. The van der Waals surface area contributed by atoms with Crippen molar-refractivity contribution in [3.05, 3.63) is 161 Å². The van der Waals surface area contributed by atoms with E-state index in [0.717, 1.165) is 16.7 Å². The van der Waals surface area contributed by atoms with Gasteiger partial charge in [0.05, 0.1) is 33.5 Å². The van der Waals surface area contributed by atoms with Crippen molar-refractivity contribution in [2.45, 2.75) is 76.1 Å². The topological polar surface area (TPSA) is 218 Å². The lowest BCUT2D eigenvalue weighted by molar-refractivity contribution is -0.150. The molecule has 2 aromatic heterocycles. The number of carbonyl (C=O) groups excluding carboxylic acids is 1. The van der Waals surface area contributed by atoms with Crippen LogP contribution in [0.4, 0.5) is 0 Å². The summed E-state index contributed by atoms with van der Waals surface area (Å²) in [5, 5.41) is 0. The van der Waals surface area contributed by atoms with Gasteiger partial charge in [-0.3, -0.25) is 38.1 Å². The molecule has 3 aromatic carbocycles. The standard InChI is InChI=1S/C44H49N4O14P/c1-26-22-47(42(52)45-40(26)50)38-20-34(59-28(3)49)37(61-38)25-58-63(6,54)62-35-21-39(48-23-27(2)41(51)46-43(48)53)60-36(35)24-57-44(29-10-8-7-9-11-29,30-12-16-32(55-4)17-13-30)31-14-18-33(56-5)19-15-31/h7-19,22-23,34-39H,20-21,24-25H2,1-6H3,(H,45,50,52)(H,46,51,53)/t34-,35-,36+,37+,38+,39+,63+/m0/s1. The first-order valence-corrected chi connectivity index (χ1v) is 22.1. The number of hydrogen-bond acceptors (Lipinski definition) is 14. The van der Waals surface area contributed by atoms with E-state index in [-0.39, 0.29) is 37.2 Å². The fraction of sp³-hybridized carbons (Fsp3) is 0.386. The van der Waals surface area contributed by atoms with E-state index in [9.17, 15) is 28.5 Å². The zero-order chi connectivity index (χ0) is 45.1. The Morgan fingerprint density at radius 2 is 1.17 bits per heavy atom. The number of nitrogens with zero attached hydrogens (tertiary/aromatic N) is 2. The summed E-state index contributed by atoms with van der Waals surface area (Å²) in [6.07, 6.45) is -3.11. The van der Waals surface area contributed by atoms with Gasteiger partial charge in [-0.25, -0.2) is 9.59 Å². The van der Waals surface area contributed by atoms with Crippen molar-refractivity contribution in [1.29, 1.82) is 0 Å². The molecule has 0 unspecified atom stereocenters. The maximum atomic E-state index is 14.3. The summed E-state index contributed by atoms with van der Waals surface area (Å²) in [4.78, 5) is 66.9. The number of aromatic amines is 2. The minimum atomic E-state index is -4.06. The highest BCUT2D eigenvalue weighted by molar-refractivity contribution is 7.53. The van der Waals surface area contributed by atoms with E-state index in [1.165, 1.54) is 42.0 Å². The van der Waals surface area contributed by atoms with Crippen LogP contribution in [0.15, 0.2) is 110 Å².